The second-order valence-electron chi connectivity index (χ2n) is 4.10. The molecule has 0 saturated carbocycles. The summed E-state index contributed by atoms with van der Waals surface area (Å²) in [5.41, 5.74) is 5.50. The van der Waals surface area contributed by atoms with Gasteiger partial charge in [0, 0.05) is 26.1 Å². The van der Waals surface area contributed by atoms with Gasteiger partial charge in [0.25, 0.3) is 0 Å². The predicted octanol–water partition coefficient (Wildman–Crippen LogP) is 1.55. The van der Waals surface area contributed by atoms with Crippen LogP contribution in [0.5, 0.6) is 0 Å². The first kappa shape index (κ1) is 12.9. The quantitative estimate of drug-likeness (QED) is 0.703. The molecular formula is C11H22N2OS. The smallest absolute Gasteiger partial charge is 0.0740 e. The third-order valence-corrected chi connectivity index (χ3v) is 3.06. The molecule has 2 N–H and O–H groups in total. The molecule has 1 unspecified atom stereocenters. The Hall–Kier alpha value is -0.190. The lowest BCUT2D eigenvalue weighted by atomic mass is 10.1. The zero-order chi connectivity index (χ0) is 11.1. The van der Waals surface area contributed by atoms with E-state index in [2.05, 4.69) is 11.8 Å². The summed E-state index contributed by atoms with van der Waals surface area (Å²) >= 11 is 4.89. The van der Waals surface area contributed by atoms with Crippen molar-refractivity contribution in [2.45, 2.75) is 38.7 Å². The molecule has 15 heavy (non-hydrogen) atoms. The zero-order valence-electron chi connectivity index (χ0n) is 9.58. The van der Waals surface area contributed by atoms with E-state index in [1.807, 2.05) is 0 Å². The first-order valence-electron chi connectivity index (χ1n) is 5.84. The number of ether oxygens (including phenoxy) is 1. The van der Waals surface area contributed by atoms with Crippen molar-refractivity contribution < 1.29 is 4.74 Å². The number of thiocarbonyl (C=S) groups is 1. The minimum atomic E-state index is 0.421. The molecule has 1 atom stereocenters. The monoisotopic (exact) mass is 230 g/mol. The Bertz CT molecular complexity index is 193. The summed E-state index contributed by atoms with van der Waals surface area (Å²) in [4.78, 5) is 2.98. The minimum Gasteiger partial charge on any atom is -0.393 e. The van der Waals surface area contributed by atoms with Crippen molar-refractivity contribution in [2.24, 2.45) is 5.73 Å². The average molecular weight is 230 g/mol. The average Bonchev–Trinajstić information content (AvgIpc) is 2.25. The Morgan fingerprint density at radius 1 is 1.53 bits per heavy atom. The third-order valence-electron chi connectivity index (χ3n) is 2.86. The van der Waals surface area contributed by atoms with Crippen LogP contribution in [0.3, 0.4) is 0 Å². The maximum absolute atomic E-state index is 5.71. The third kappa shape index (κ3) is 5.44. The molecule has 0 aromatic carbocycles. The van der Waals surface area contributed by atoms with Gasteiger partial charge in [-0.1, -0.05) is 19.1 Å². The molecule has 3 nitrogen and oxygen atoms in total. The predicted molar refractivity (Wildman–Crippen MR) is 67.1 cm³/mol. The molecule has 1 aliphatic heterocycles. The fourth-order valence-corrected chi connectivity index (χ4v) is 1.98. The molecule has 1 aliphatic rings. The highest BCUT2D eigenvalue weighted by Crippen LogP contribution is 2.13. The maximum atomic E-state index is 5.71. The molecule has 4 heteroatoms. The van der Waals surface area contributed by atoms with Gasteiger partial charge < -0.3 is 15.4 Å². The summed E-state index contributed by atoms with van der Waals surface area (Å²) in [7, 11) is 0. The molecule has 0 aliphatic carbocycles. The molecule has 88 valence electrons. The largest absolute Gasteiger partial charge is 0.393 e. The molecule has 1 saturated heterocycles. The summed E-state index contributed by atoms with van der Waals surface area (Å²) in [6, 6.07) is 0. The van der Waals surface area contributed by atoms with Gasteiger partial charge in [0.1, 0.15) is 0 Å². The van der Waals surface area contributed by atoms with Gasteiger partial charge in [-0.2, -0.15) is 0 Å². The van der Waals surface area contributed by atoms with Crippen LogP contribution in [-0.2, 0) is 4.74 Å². The van der Waals surface area contributed by atoms with Crippen molar-refractivity contribution in [2.75, 3.05) is 26.2 Å². The van der Waals surface area contributed by atoms with Gasteiger partial charge in [0.05, 0.1) is 11.1 Å². The van der Waals surface area contributed by atoms with Crippen LogP contribution in [0, 0.1) is 0 Å². The van der Waals surface area contributed by atoms with E-state index in [-0.39, 0.29) is 0 Å². The van der Waals surface area contributed by atoms with Gasteiger partial charge >= 0.3 is 0 Å². The molecule has 0 radical (unpaired) electrons. The van der Waals surface area contributed by atoms with Crippen LogP contribution in [-0.4, -0.2) is 42.2 Å². The van der Waals surface area contributed by atoms with Crippen LogP contribution in [0.1, 0.15) is 32.6 Å². The molecule has 1 heterocycles. The number of nitrogens with two attached hydrogens (primary N) is 1. The van der Waals surface area contributed by atoms with E-state index in [0.29, 0.717) is 11.1 Å². The highest BCUT2D eigenvalue weighted by molar-refractivity contribution is 7.80. The van der Waals surface area contributed by atoms with E-state index < -0.39 is 0 Å². The molecule has 1 rings (SSSR count). The second-order valence-corrected chi connectivity index (χ2v) is 4.62. The molecule has 0 aromatic heterocycles. The van der Waals surface area contributed by atoms with Crippen molar-refractivity contribution in [3.05, 3.63) is 0 Å². The number of hydrogen-bond donors (Lipinski definition) is 1. The Balaban J connectivity index is 2.22. The van der Waals surface area contributed by atoms with E-state index in [0.717, 1.165) is 32.7 Å². The van der Waals surface area contributed by atoms with Crippen molar-refractivity contribution in [1.29, 1.82) is 0 Å². The Morgan fingerprint density at radius 3 is 2.87 bits per heavy atom. The van der Waals surface area contributed by atoms with Crippen LogP contribution >= 0.6 is 12.2 Å². The van der Waals surface area contributed by atoms with E-state index in [9.17, 15) is 0 Å². The van der Waals surface area contributed by atoms with Crippen molar-refractivity contribution >= 4 is 17.2 Å². The molecule has 0 bridgehead atoms. The molecule has 0 spiro atoms. The second kappa shape index (κ2) is 7.14. The normalized spacial score (nSPS) is 21.9. The Morgan fingerprint density at radius 2 is 2.33 bits per heavy atom. The highest BCUT2D eigenvalue weighted by Gasteiger charge is 2.16. The molecule has 0 aromatic rings. The van der Waals surface area contributed by atoms with Gasteiger partial charge in [-0.05, 0) is 25.8 Å². The first-order valence-corrected chi connectivity index (χ1v) is 6.25. The SMILES string of the molecule is CCN(CCC(N)=S)CC1CCCCO1. The Kier molecular flexibility index (Phi) is 6.13. The van der Waals surface area contributed by atoms with Crippen molar-refractivity contribution in [3.63, 3.8) is 0 Å². The van der Waals surface area contributed by atoms with Gasteiger partial charge in [-0.15, -0.1) is 0 Å². The van der Waals surface area contributed by atoms with Gasteiger partial charge in [-0.25, -0.2) is 0 Å². The lowest BCUT2D eigenvalue weighted by Crippen LogP contribution is -2.37. The lowest BCUT2D eigenvalue weighted by Gasteiger charge is -2.29. The van der Waals surface area contributed by atoms with Crippen molar-refractivity contribution in [1.82, 2.24) is 4.90 Å². The van der Waals surface area contributed by atoms with E-state index in [1.54, 1.807) is 0 Å². The standard InChI is InChI=1S/C11H22N2OS/c1-2-13(7-6-11(12)15)9-10-5-3-4-8-14-10/h10H,2-9H2,1H3,(H2,12,15). The number of nitrogens with zero attached hydrogens (tertiary/aromatic N) is 1. The van der Waals surface area contributed by atoms with Crippen LogP contribution in [0.2, 0.25) is 0 Å². The number of rotatable bonds is 6. The summed E-state index contributed by atoms with van der Waals surface area (Å²) in [6.45, 7) is 6.13. The van der Waals surface area contributed by atoms with E-state index in [4.69, 9.17) is 22.7 Å². The van der Waals surface area contributed by atoms with Crippen molar-refractivity contribution in [3.8, 4) is 0 Å². The fraction of sp³-hybridized carbons (Fsp3) is 0.909. The summed E-state index contributed by atoms with van der Waals surface area (Å²) in [6.07, 6.45) is 4.96. The summed E-state index contributed by atoms with van der Waals surface area (Å²) in [5, 5.41) is 0. The van der Waals surface area contributed by atoms with Crippen LogP contribution in [0.15, 0.2) is 0 Å². The molecule has 1 fully saturated rings. The van der Waals surface area contributed by atoms with Gasteiger partial charge in [0.15, 0.2) is 0 Å². The van der Waals surface area contributed by atoms with Crippen LogP contribution in [0.25, 0.3) is 0 Å². The fourth-order valence-electron chi connectivity index (χ4n) is 1.89. The first-order chi connectivity index (χ1) is 7.22. The number of likely N-dealkylation sites (N-methyl/N-ethyl adjacent to an activating group) is 1. The topological polar surface area (TPSA) is 38.5 Å². The van der Waals surface area contributed by atoms with E-state index >= 15 is 0 Å². The maximum Gasteiger partial charge on any atom is 0.0740 e. The minimum absolute atomic E-state index is 0.421. The number of hydrogen-bond acceptors (Lipinski definition) is 3. The van der Waals surface area contributed by atoms with Crippen LogP contribution in [0.4, 0.5) is 0 Å². The lowest BCUT2D eigenvalue weighted by molar-refractivity contribution is -0.00439. The van der Waals surface area contributed by atoms with E-state index in [1.165, 1.54) is 19.3 Å². The highest BCUT2D eigenvalue weighted by atomic mass is 32.1. The molecular weight excluding hydrogens is 208 g/mol. The van der Waals surface area contributed by atoms with Gasteiger partial charge in [-0.3, -0.25) is 0 Å². The zero-order valence-corrected chi connectivity index (χ0v) is 10.4. The van der Waals surface area contributed by atoms with Crippen LogP contribution < -0.4 is 5.73 Å². The Labute approximate surface area is 98.0 Å². The molecule has 0 amide bonds. The summed E-state index contributed by atoms with van der Waals surface area (Å²) in [5.74, 6) is 0. The summed E-state index contributed by atoms with van der Waals surface area (Å²) < 4.78 is 5.71. The van der Waals surface area contributed by atoms with Gasteiger partial charge in [0.2, 0.25) is 0 Å².